The summed E-state index contributed by atoms with van der Waals surface area (Å²) >= 11 is 6.43. The van der Waals surface area contributed by atoms with E-state index in [-0.39, 0.29) is 17.6 Å². The fourth-order valence-corrected chi connectivity index (χ4v) is 5.24. The van der Waals surface area contributed by atoms with Crippen molar-refractivity contribution in [1.29, 1.82) is 0 Å². The zero-order valence-electron chi connectivity index (χ0n) is 17.7. The van der Waals surface area contributed by atoms with Gasteiger partial charge < -0.3 is 4.74 Å². The molecule has 5 heterocycles. The summed E-state index contributed by atoms with van der Waals surface area (Å²) in [6.45, 7) is 6.76. The van der Waals surface area contributed by atoms with E-state index in [9.17, 15) is 4.79 Å². The van der Waals surface area contributed by atoms with Gasteiger partial charge in [0.05, 0.1) is 29.7 Å². The lowest BCUT2D eigenvalue weighted by Gasteiger charge is -2.40. The monoisotopic (exact) mass is 427 g/mol. The Labute approximate surface area is 180 Å². The Hall–Kier alpha value is -2.54. The number of hydrogen-bond acceptors (Lipinski definition) is 4. The maximum atomic E-state index is 12.9. The topological polar surface area (TPSA) is 66.9 Å². The molecule has 3 aliphatic rings. The molecule has 0 saturated heterocycles. The molecule has 0 amide bonds. The zero-order valence-corrected chi connectivity index (χ0v) is 18.5. The molecule has 158 valence electrons. The fourth-order valence-electron chi connectivity index (χ4n) is 5.03. The van der Waals surface area contributed by atoms with Gasteiger partial charge in [-0.1, -0.05) is 31.4 Å². The lowest BCUT2D eigenvalue weighted by atomic mass is 9.77. The van der Waals surface area contributed by atoms with E-state index >= 15 is 0 Å². The van der Waals surface area contributed by atoms with Gasteiger partial charge in [-0.25, -0.2) is 24.1 Å². The number of halogens is 1. The van der Waals surface area contributed by atoms with Crippen LogP contribution in [0.15, 0.2) is 23.0 Å². The third-order valence-electron chi connectivity index (χ3n) is 6.72. The van der Waals surface area contributed by atoms with Gasteiger partial charge in [0, 0.05) is 30.2 Å². The Morgan fingerprint density at radius 2 is 1.97 bits per heavy atom. The Kier molecular flexibility index (Phi) is 4.54. The van der Waals surface area contributed by atoms with Crippen molar-refractivity contribution in [3.05, 3.63) is 45.1 Å². The van der Waals surface area contributed by atoms with Crippen LogP contribution in [0, 0.1) is 25.7 Å². The number of hydrogen-bond donors (Lipinski definition) is 0. The van der Waals surface area contributed by atoms with Crippen molar-refractivity contribution in [2.75, 3.05) is 6.61 Å². The van der Waals surface area contributed by atoms with Gasteiger partial charge in [0.25, 0.3) is 0 Å². The summed E-state index contributed by atoms with van der Waals surface area (Å²) in [4.78, 5) is 24.2. The summed E-state index contributed by atoms with van der Waals surface area (Å²) in [5.74, 6) is 1.32. The number of ether oxygens (including phenoxy) is 1. The SMILES string of the molecule is Cc1cc2c(C)nc1OCC1C(C)CCCC1n1c(=O)n(C)n1-c1cc(Cl)nc-2c1. The predicted octanol–water partition coefficient (Wildman–Crippen LogP) is 4.07. The average Bonchev–Trinajstić information content (AvgIpc) is 2.71. The lowest BCUT2D eigenvalue weighted by molar-refractivity contribution is 0.0688. The maximum Gasteiger partial charge on any atom is 0.360 e. The number of fused-ring (bicyclic) bond motifs is 3. The van der Waals surface area contributed by atoms with E-state index in [0.717, 1.165) is 47.5 Å². The summed E-state index contributed by atoms with van der Waals surface area (Å²) in [5, 5.41) is 0.385. The number of pyridine rings is 2. The minimum atomic E-state index is -0.00605. The Bertz CT molecular complexity index is 1190. The summed E-state index contributed by atoms with van der Waals surface area (Å²) < 4.78 is 9.76. The molecule has 30 heavy (non-hydrogen) atoms. The Balaban J connectivity index is 1.79. The van der Waals surface area contributed by atoms with Gasteiger partial charge in [-0.05, 0) is 38.3 Å². The molecule has 8 heteroatoms. The van der Waals surface area contributed by atoms with Gasteiger partial charge in [0.1, 0.15) is 5.15 Å². The van der Waals surface area contributed by atoms with Gasteiger partial charge in [-0.3, -0.25) is 0 Å². The second kappa shape index (κ2) is 7.01. The van der Waals surface area contributed by atoms with Crippen LogP contribution in [-0.4, -0.2) is 30.7 Å². The van der Waals surface area contributed by atoms with Crippen molar-refractivity contribution in [3.8, 4) is 22.8 Å². The van der Waals surface area contributed by atoms with E-state index in [4.69, 9.17) is 21.3 Å². The first-order chi connectivity index (χ1) is 14.3. The highest BCUT2D eigenvalue weighted by molar-refractivity contribution is 6.29. The van der Waals surface area contributed by atoms with Crippen LogP contribution in [-0.2, 0) is 7.05 Å². The number of rotatable bonds is 0. The molecular formula is C22H26ClN5O2. The van der Waals surface area contributed by atoms with Crippen LogP contribution in [0.5, 0.6) is 5.88 Å². The largest absolute Gasteiger partial charge is 0.477 e. The van der Waals surface area contributed by atoms with E-state index in [2.05, 4.69) is 18.0 Å². The molecule has 2 aliphatic heterocycles. The molecule has 1 aliphatic carbocycles. The Morgan fingerprint density at radius 1 is 1.17 bits per heavy atom. The standard InChI is InChI=1S/C22H26ClN5O2/c1-12-6-5-7-19-17(12)11-30-21-13(2)8-16(14(3)24-21)18-9-15(10-20(23)25-18)28-26(4)22(29)27(19)28/h8-10,12,17,19H,5-7,11H2,1-4H3. The minimum absolute atomic E-state index is 0.00605. The minimum Gasteiger partial charge on any atom is -0.477 e. The highest BCUT2D eigenvalue weighted by Crippen LogP contribution is 2.39. The summed E-state index contributed by atoms with van der Waals surface area (Å²) in [7, 11) is 1.79. The van der Waals surface area contributed by atoms with E-state index in [1.165, 1.54) is 0 Å². The van der Waals surface area contributed by atoms with Crippen molar-refractivity contribution in [3.63, 3.8) is 0 Å². The van der Waals surface area contributed by atoms with Gasteiger partial charge in [-0.15, -0.1) is 0 Å². The van der Waals surface area contributed by atoms with Crippen LogP contribution < -0.4 is 10.4 Å². The van der Waals surface area contributed by atoms with Crippen molar-refractivity contribution in [2.45, 2.75) is 46.1 Å². The van der Waals surface area contributed by atoms with Gasteiger partial charge >= 0.3 is 5.69 Å². The average molecular weight is 428 g/mol. The van der Waals surface area contributed by atoms with Crippen LogP contribution in [0.3, 0.4) is 0 Å². The quantitative estimate of drug-likeness (QED) is 0.507. The van der Waals surface area contributed by atoms with Crippen molar-refractivity contribution >= 4 is 11.6 Å². The molecule has 1 saturated carbocycles. The third kappa shape index (κ3) is 2.90. The van der Waals surface area contributed by atoms with Crippen LogP contribution >= 0.6 is 11.6 Å². The molecular weight excluding hydrogens is 402 g/mol. The maximum absolute atomic E-state index is 12.9. The third-order valence-corrected chi connectivity index (χ3v) is 6.91. The molecule has 3 unspecified atom stereocenters. The summed E-state index contributed by atoms with van der Waals surface area (Å²) in [6, 6.07) is 5.91. The van der Waals surface area contributed by atoms with E-state index in [1.54, 1.807) is 11.7 Å². The normalized spacial score (nSPS) is 23.0. The van der Waals surface area contributed by atoms with Crippen LogP contribution in [0.2, 0.25) is 5.15 Å². The molecule has 6 rings (SSSR count). The predicted molar refractivity (Wildman–Crippen MR) is 116 cm³/mol. The summed E-state index contributed by atoms with van der Waals surface area (Å²) in [6.07, 6.45) is 3.18. The second-order valence-corrected chi connectivity index (χ2v) is 9.05. The van der Waals surface area contributed by atoms with Crippen LogP contribution in [0.4, 0.5) is 0 Å². The molecule has 0 radical (unpaired) electrons. The smallest absolute Gasteiger partial charge is 0.360 e. The molecule has 4 bridgehead atoms. The first-order valence-electron chi connectivity index (χ1n) is 10.5. The van der Waals surface area contributed by atoms with Crippen LogP contribution in [0.1, 0.15) is 43.5 Å². The second-order valence-electron chi connectivity index (χ2n) is 8.67. The number of aryl methyl sites for hydroxylation is 2. The molecule has 3 aromatic heterocycles. The van der Waals surface area contributed by atoms with E-state index in [0.29, 0.717) is 23.6 Å². The summed E-state index contributed by atoms with van der Waals surface area (Å²) in [5.41, 5.74) is 4.27. The zero-order chi connectivity index (χ0) is 21.2. The molecule has 3 atom stereocenters. The number of aromatic nitrogens is 5. The van der Waals surface area contributed by atoms with Crippen molar-refractivity contribution in [2.24, 2.45) is 18.9 Å². The Morgan fingerprint density at radius 3 is 2.77 bits per heavy atom. The first-order valence-corrected chi connectivity index (χ1v) is 10.9. The molecule has 3 aromatic rings. The fraction of sp³-hybridized carbons (Fsp3) is 0.500. The highest BCUT2D eigenvalue weighted by atomic mass is 35.5. The highest BCUT2D eigenvalue weighted by Gasteiger charge is 2.37. The van der Waals surface area contributed by atoms with E-state index in [1.807, 2.05) is 35.5 Å². The molecule has 7 nitrogen and oxygen atoms in total. The van der Waals surface area contributed by atoms with E-state index < -0.39 is 0 Å². The van der Waals surface area contributed by atoms with Crippen LogP contribution in [0.25, 0.3) is 16.9 Å². The van der Waals surface area contributed by atoms with Gasteiger partial charge in [0.2, 0.25) is 5.88 Å². The molecule has 1 fully saturated rings. The molecule has 0 N–H and O–H groups in total. The van der Waals surface area contributed by atoms with Crippen molar-refractivity contribution < 1.29 is 4.74 Å². The lowest BCUT2D eigenvalue weighted by Crippen LogP contribution is -2.53. The molecule has 0 aromatic carbocycles. The molecule has 0 spiro atoms. The number of nitrogens with zero attached hydrogens (tertiary/aromatic N) is 5. The van der Waals surface area contributed by atoms with Crippen molar-refractivity contribution in [1.82, 2.24) is 24.1 Å². The van der Waals surface area contributed by atoms with Gasteiger partial charge in [0.15, 0.2) is 0 Å². The first kappa shape index (κ1) is 19.4. The van der Waals surface area contributed by atoms with Gasteiger partial charge in [-0.2, -0.15) is 4.80 Å².